The lowest BCUT2D eigenvalue weighted by atomic mass is 9.97. The van der Waals surface area contributed by atoms with Crippen LogP contribution in [0.3, 0.4) is 0 Å². The fourth-order valence-corrected chi connectivity index (χ4v) is 0.821. The number of rotatable bonds is 4. The van der Waals surface area contributed by atoms with Crippen molar-refractivity contribution in [1.82, 2.24) is 5.54 Å². The zero-order chi connectivity index (χ0) is 8.15. The van der Waals surface area contributed by atoms with Gasteiger partial charge in [-0.1, -0.05) is 20.3 Å². The van der Waals surface area contributed by atoms with Gasteiger partial charge in [0.2, 0.25) is 0 Å². The van der Waals surface area contributed by atoms with Crippen molar-refractivity contribution in [2.24, 2.45) is 5.92 Å². The summed E-state index contributed by atoms with van der Waals surface area (Å²) in [6.45, 7) is 5.17. The average Bonchev–Trinajstić information content (AvgIpc) is 1.88. The first-order chi connectivity index (χ1) is 4.63. The van der Waals surface area contributed by atoms with Gasteiger partial charge in [0, 0.05) is 0 Å². The maximum Gasteiger partial charge on any atom is 0.149 e. The summed E-state index contributed by atoms with van der Waals surface area (Å²) < 4.78 is 11.9. The quantitative estimate of drug-likeness (QED) is 0.610. The van der Waals surface area contributed by atoms with E-state index in [1.54, 1.807) is 0 Å². The summed E-state index contributed by atoms with van der Waals surface area (Å²) in [6.07, 6.45) is 0.807. The Morgan fingerprint density at radius 3 is 2.30 bits per heavy atom. The highest BCUT2D eigenvalue weighted by Gasteiger charge is 2.19. The molecule has 0 heterocycles. The van der Waals surface area contributed by atoms with Crippen LogP contribution in [0.4, 0.5) is 4.48 Å². The summed E-state index contributed by atoms with van der Waals surface area (Å²) in [6, 6.07) is -0.620. The van der Waals surface area contributed by atoms with Crippen molar-refractivity contribution in [1.29, 1.82) is 0 Å². The Balaban J connectivity index is 3.92. The number of ketones is 1. The molecule has 2 unspecified atom stereocenters. The number of carbonyl (C=O) groups is 1. The smallest absolute Gasteiger partial charge is 0.149 e. The van der Waals surface area contributed by atoms with Gasteiger partial charge in [-0.05, 0) is 12.8 Å². The minimum Gasteiger partial charge on any atom is -0.298 e. The summed E-state index contributed by atoms with van der Waals surface area (Å²) >= 11 is 0. The average molecular weight is 147 g/mol. The lowest BCUT2D eigenvalue weighted by molar-refractivity contribution is -0.121. The van der Waals surface area contributed by atoms with Gasteiger partial charge in [0.25, 0.3) is 0 Å². The van der Waals surface area contributed by atoms with Gasteiger partial charge in [0.05, 0.1) is 6.04 Å². The number of hydrogen-bond acceptors (Lipinski definition) is 2. The third-order valence-electron chi connectivity index (χ3n) is 1.77. The van der Waals surface area contributed by atoms with Crippen LogP contribution in [0.25, 0.3) is 0 Å². The van der Waals surface area contributed by atoms with E-state index in [1.165, 1.54) is 12.5 Å². The van der Waals surface area contributed by atoms with E-state index in [1.807, 2.05) is 13.8 Å². The molecule has 2 nitrogen and oxygen atoms in total. The van der Waals surface area contributed by atoms with Crippen LogP contribution < -0.4 is 5.54 Å². The molecule has 0 aliphatic heterocycles. The Morgan fingerprint density at radius 2 is 2.20 bits per heavy atom. The lowest BCUT2D eigenvalue weighted by Gasteiger charge is -2.16. The zero-order valence-corrected chi connectivity index (χ0v) is 6.65. The molecule has 60 valence electrons. The van der Waals surface area contributed by atoms with Crippen molar-refractivity contribution in [3.8, 4) is 0 Å². The number of carbonyl (C=O) groups excluding carboxylic acids is 1. The molecule has 0 amide bonds. The molecule has 2 atom stereocenters. The van der Waals surface area contributed by atoms with E-state index >= 15 is 0 Å². The third-order valence-corrected chi connectivity index (χ3v) is 1.77. The molecule has 0 bridgehead atoms. The molecule has 0 aliphatic carbocycles. The molecule has 0 spiro atoms. The van der Waals surface area contributed by atoms with Crippen molar-refractivity contribution < 1.29 is 9.28 Å². The van der Waals surface area contributed by atoms with E-state index in [0.717, 1.165) is 6.42 Å². The second-order valence-electron chi connectivity index (χ2n) is 2.58. The minimum absolute atomic E-state index is 0.0718. The summed E-state index contributed by atoms with van der Waals surface area (Å²) in [5.41, 5.74) is 1.50. The highest BCUT2D eigenvalue weighted by atomic mass is 19.2. The maximum absolute atomic E-state index is 11.9. The number of halogens is 1. The highest BCUT2D eigenvalue weighted by molar-refractivity contribution is 5.81. The van der Waals surface area contributed by atoms with Gasteiger partial charge in [0.1, 0.15) is 5.78 Å². The first-order valence-corrected chi connectivity index (χ1v) is 3.50. The van der Waals surface area contributed by atoms with E-state index in [-0.39, 0.29) is 11.7 Å². The normalized spacial score (nSPS) is 16.4. The monoisotopic (exact) mass is 147 g/mol. The fourth-order valence-electron chi connectivity index (χ4n) is 0.821. The third kappa shape index (κ3) is 2.43. The van der Waals surface area contributed by atoms with Gasteiger partial charge < -0.3 is 0 Å². The zero-order valence-electron chi connectivity index (χ0n) is 6.65. The standard InChI is InChI=1S/C7H14FNO/c1-4-5(2)7(9-8)6(3)10/h5,7,9H,4H2,1-3H3. The van der Waals surface area contributed by atoms with Crippen molar-refractivity contribution in [2.75, 3.05) is 0 Å². The molecular weight excluding hydrogens is 133 g/mol. The van der Waals surface area contributed by atoms with Crippen LogP contribution in [-0.2, 0) is 4.79 Å². The predicted octanol–water partition coefficient (Wildman–Crippen LogP) is 1.46. The van der Waals surface area contributed by atoms with Crippen molar-refractivity contribution >= 4 is 5.78 Å². The van der Waals surface area contributed by atoms with Gasteiger partial charge in [-0.25, -0.2) is 0 Å². The summed E-state index contributed by atoms with van der Waals surface area (Å²) in [5, 5.41) is 0. The summed E-state index contributed by atoms with van der Waals surface area (Å²) in [5.74, 6) is -0.0700. The van der Waals surface area contributed by atoms with Crippen molar-refractivity contribution in [3.63, 3.8) is 0 Å². The maximum atomic E-state index is 11.9. The molecule has 0 radical (unpaired) electrons. The summed E-state index contributed by atoms with van der Waals surface area (Å²) in [7, 11) is 0. The van der Waals surface area contributed by atoms with Crippen molar-refractivity contribution in [2.45, 2.75) is 33.2 Å². The first kappa shape index (κ1) is 9.56. The van der Waals surface area contributed by atoms with Crippen LogP contribution in [0.2, 0.25) is 0 Å². The van der Waals surface area contributed by atoms with E-state index in [0.29, 0.717) is 0 Å². The minimum atomic E-state index is -0.620. The second kappa shape index (κ2) is 4.39. The van der Waals surface area contributed by atoms with Gasteiger partial charge in [0.15, 0.2) is 0 Å². The Morgan fingerprint density at radius 1 is 1.70 bits per heavy atom. The molecule has 0 rings (SSSR count). The topological polar surface area (TPSA) is 29.1 Å². The van der Waals surface area contributed by atoms with Crippen LogP contribution >= 0.6 is 0 Å². The number of hydrogen-bond donors (Lipinski definition) is 1. The SMILES string of the molecule is CCC(C)C(NF)C(C)=O. The largest absolute Gasteiger partial charge is 0.298 e. The molecule has 0 aromatic heterocycles. The Labute approximate surface area is 60.7 Å². The molecule has 0 fully saturated rings. The Hall–Kier alpha value is -0.440. The molecule has 3 heteroatoms. The van der Waals surface area contributed by atoms with Crippen LogP contribution in [0.5, 0.6) is 0 Å². The van der Waals surface area contributed by atoms with Crippen LogP contribution in [0.1, 0.15) is 27.2 Å². The molecule has 0 aliphatic rings. The predicted molar refractivity (Wildman–Crippen MR) is 38.2 cm³/mol. The molecule has 0 aromatic carbocycles. The Kier molecular flexibility index (Phi) is 4.19. The highest BCUT2D eigenvalue weighted by Crippen LogP contribution is 2.07. The van der Waals surface area contributed by atoms with E-state index < -0.39 is 6.04 Å². The van der Waals surface area contributed by atoms with Crippen LogP contribution in [0, 0.1) is 5.92 Å². The van der Waals surface area contributed by atoms with Gasteiger partial charge in [-0.15, -0.1) is 10.0 Å². The second-order valence-corrected chi connectivity index (χ2v) is 2.58. The summed E-state index contributed by atoms with van der Waals surface area (Å²) in [4.78, 5) is 10.7. The molecule has 10 heavy (non-hydrogen) atoms. The fraction of sp³-hybridized carbons (Fsp3) is 0.857. The lowest BCUT2D eigenvalue weighted by Crippen LogP contribution is -2.35. The van der Waals surface area contributed by atoms with E-state index in [2.05, 4.69) is 0 Å². The van der Waals surface area contributed by atoms with Crippen molar-refractivity contribution in [3.05, 3.63) is 0 Å². The number of Topliss-reactive ketones (excluding diaryl/α,β-unsaturated/α-hetero) is 1. The molecule has 0 aromatic rings. The molecule has 0 saturated carbocycles. The molecule has 1 N–H and O–H groups in total. The Bertz CT molecular complexity index is 116. The van der Waals surface area contributed by atoms with Gasteiger partial charge >= 0.3 is 0 Å². The van der Waals surface area contributed by atoms with Gasteiger partial charge in [-0.3, -0.25) is 4.79 Å². The molecular formula is C7H14FNO. The van der Waals surface area contributed by atoms with E-state index in [4.69, 9.17) is 0 Å². The number of nitrogens with one attached hydrogen (secondary N) is 1. The first-order valence-electron chi connectivity index (χ1n) is 3.50. The molecule has 0 saturated heterocycles. The van der Waals surface area contributed by atoms with Crippen LogP contribution in [-0.4, -0.2) is 11.8 Å². The van der Waals surface area contributed by atoms with Gasteiger partial charge in [-0.2, -0.15) is 0 Å². The van der Waals surface area contributed by atoms with Crippen LogP contribution in [0.15, 0.2) is 0 Å². The van der Waals surface area contributed by atoms with E-state index in [9.17, 15) is 9.28 Å².